The minimum absolute atomic E-state index is 0.147. The van der Waals surface area contributed by atoms with Crippen LogP contribution in [0.3, 0.4) is 0 Å². The second kappa shape index (κ2) is 17.8. The monoisotopic (exact) mass is 435 g/mol. The molecule has 0 fully saturated rings. The highest BCUT2D eigenvalue weighted by Crippen LogP contribution is 2.14. The van der Waals surface area contributed by atoms with Gasteiger partial charge in [-0.05, 0) is 29.8 Å². The summed E-state index contributed by atoms with van der Waals surface area (Å²) in [4.78, 5) is 0. The molecular formula is C27H37N3S. The molecule has 3 aromatic carbocycles. The normalized spacial score (nSPS) is 9.55. The molecule has 4 heteroatoms. The third-order valence-electron chi connectivity index (χ3n) is 3.80. The van der Waals surface area contributed by atoms with Crippen LogP contribution in [0.15, 0.2) is 90.0 Å². The van der Waals surface area contributed by atoms with Crippen LogP contribution in [0.1, 0.15) is 63.8 Å². The molecule has 0 spiro atoms. The first-order chi connectivity index (χ1) is 15.2. The Balaban J connectivity index is 0.00000138. The van der Waals surface area contributed by atoms with Crippen LogP contribution in [0.5, 0.6) is 0 Å². The third-order valence-corrected chi connectivity index (χ3v) is 3.89. The molecule has 0 saturated heterocycles. The second-order valence-electron chi connectivity index (χ2n) is 5.66. The predicted molar refractivity (Wildman–Crippen MR) is 142 cm³/mol. The number of nitrogens with two attached hydrogens (primary N) is 1. The highest BCUT2D eigenvalue weighted by Gasteiger charge is 2.07. The fourth-order valence-electron chi connectivity index (χ4n) is 2.61. The van der Waals surface area contributed by atoms with E-state index >= 15 is 0 Å². The summed E-state index contributed by atoms with van der Waals surface area (Å²) in [6.45, 7) is 12.0. The Bertz CT molecular complexity index is 858. The van der Waals surface area contributed by atoms with Crippen LogP contribution in [-0.4, -0.2) is 10.8 Å². The molecule has 3 N–H and O–H groups in total. The topological polar surface area (TPSA) is 50.4 Å². The number of hydrogen-bond acceptors (Lipinski definition) is 2. The summed E-state index contributed by atoms with van der Waals surface area (Å²) in [5, 5.41) is 4.53. The molecule has 0 aliphatic rings. The summed E-state index contributed by atoms with van der Waals surface area (Å²) in [5.74, 6) is 0. The lowest BCUT2D eigenvalue weighted by Gasteiger charge is -2.09. The van der Waals surface area contributed by atoms with Crippen molar-refractivity contribution in [1.82, 2.24) is 5.43 Å². The summed E-state index contributed by atoms with van der Waals surface area (Å²) in [7, 11) is 0. The Hall–Kier alpha value is -2.98. The van der Waals surface area contributed by atoms with Gasteiger partial charge in [0.05, 0.1) is 5.71 Å². The molecular weight excluding hydrogens is 398 g/mol. The number of benzene rings is 3. The van der Waals surface area contributed by atoms with Gasteiger partial charge in [-0.1, -0.05) is 126 Å². The van der Waals surface area contributed by atoms with Gasteiger partial charge in [0.15, 0.2) is 5.11 Å². The standard InChI is InChI=1S/C21H19N3S.3C2H6/c22-21(25)24-23-20(18-9-5-2-6-10-18)19-13-11-17(12-14-19)15-16-7-3-1-4-8-16;3*1-2/h1-14H,15H2,(H3,22,24,25);3*1-2H3. The van der Waals surface area contributed by atoms with Gasteiger partial charge >= 0.3 is 0 Å². The fourth-order valence-corrected chi connectivity index (χ4v) is 2.66. The SMILES string of the molecule is CC.CC.CC.NC(=S)NN=C(c1ccccc1)c1ccc(Cc2ccccc2)cc1. The number of hydrogen-bond donors (Lipinski definition) is 2. The zero-order chi connectivity index (χ0) is 23.5. The molecule has 0 saturated carbocycles. The maximum absolute atomic E-state index is 5.52. The molecule has 3 rings (SSSR count). The van der Waals surface area contributed by atoms with Crippen LogP contribution in [-0.2, 0) is 6.42 Å². The maximum Gasteiger partial charge on any atom is 0.184 e. The van der Waals surface area contributed by atoms with E-state index < -0.39 is 0 Å². The minimum atomic E-state index is 0.147. The van der Waals surface area contributed by atoms with E-state index in [-0.39, 0.29) is 5.11 Å². The van der Waals surface area contributed by atoms with Crippen molar-refractivity contribution in [3.05, 3.63) is 107 Å². The van der Waals surface area contributed by atoms with Crippen LogP contribution in [0.2, 0.25) is 0 Å². The van der Waals surface area contributed by atoms with E-state index in [1.54, 1.807) is 0 Å². The number of thiocarbonyl (C=S) groups is 1. The molecule has 0 aliphatic carbocycles. The average Bonchev–Trinajstić information content (AvgIpc) is 2.85. The molecule has 0 atom stereocenters. The van der Waals surface area contributed by atoms with Crippen molar-refractivity contribution in [2.45, 2.75) is 48.0 Å². The van der Waals surface area contributed by atoms with Gasteiger partial charge in [-0.2, -0.15) is 5.10 Å². The Labute approximate surface area is 194 Å². The van der Waals surface area contributed by atoms with Crippen LogP contribution in [0.25, 0.3) is 0 Å². The van der Waals surface area contributed by atoms with Crippen molar-refractivity contribution in [2.24, 2.45) is 10.8 Å². The van der Waals surface area contributed by atoms with Crippen LogP contribution in [0, 0.1) is 0 Å². The Morgan fingerprint density at radius 1 is 0.677 bits per heavy atom. The molecule has 0 aromatic heterocycles. The third kappa shape index (κ3) is 10.6. The summed E-state index contributed by atoms with van der Waals surface area (Å²) in [6.07, 6.45) is 0.907. The lowest BCUT2D eigenvalue weighted by molar-refractivity contribution is 1.03. The lowest BCUT2D eigenvalue weighted by Crippen LogP contribution is -2.26. The number of hydrazone groups is 1. The molecule has 3 aromatic rings. The van der Waals surface area contributed by atoms with Gasteiger partial charge in [0.2, 0.25) is 0 Å². The zero-order valence-electron chi connectivity index (χ0n) is 19.7. The van der Waals surface area contributed by atoms with E-state index in [2.05, 4.69) is 59.1 Å². The van der Waals surface area contributed by atoms with E-state index in [0.717, 1.165) is 23.3 Å². The van der Waals surface area contributed by atoms with Crippen molar-refractivity contribution in [3.63, 3.8) is 0 Å². The van der Waals surface area contributed by atoms with Gasteiger partial charge in [-0.15, -0.1) is 0 Å². The molecule has 3 nitrogen and oxygen atoms in total. The first kappa shape index (κ1) is 28.0. The highest BCUT2D eigenvalue weighted by atomic mass is 32.1. The van der Waals surface area contributed by atoms with Crippen LogP contribution < -0.4 is 11.2 Å². The van der Waals surface area contributed by atoms with E-state index in [9.17, 15) is 0 Å². The largest absolute Gasteiger partial charge is 0.375 e. The molecule has 166 valence electrons. The summed E-state index contributed by atoms with van der Waals surface area (Å²) in [6, 6.07) is 28.8. The van der Waals surface area contributed by atoms with Gasteiger partial charge < -0.3 is 5.73 Å². The highest BCUT2D eigenvalue weighted by molar-refractivity contribution is 7.80. The van der Waals surface area contributed by atoms with Gasteiger partial charge in [0.1, 0.15) is 0 Å². The van der Waals surface area contributed by atoms with Crippen LogP contribution in [0.4, 0.5) is 0 Å². The second-order valence-corrected chi connectivity index (χ2v) is 6.10. The number of rotatable bonds is 5. The number of nitrogens with one attached hydrogen (secondary N) is 1. The molecule has 0 radical (unpaired) electrons. The molecule has 31 heavy (non-hydrogen) atoms. The first-order valence-corrected chi connectivity index (χ1v) is 11.4. The van der Waals surface area contributed by atoms with E-state index in [0.29, 0.717) is 0 Å². The molecule has 0 aliphatic heterocycles. The Morgan fingerprint density at radius 2 is 1.10 bits per heavy atom. The maximum atomic E-state index is 5.52. The molecule has 0 amide bonds. The predicted octanol–water partition coefficient (Wildman–Crippen LogP) is 6.94. The smallest absolute Gasteiger partial charge is 0.184 e. The Kier molecular flexibility index (Phi) is 16.1. The van der Waals surface area contributed by atoms with Crippen LogP contribution >= 0.6 is 12.2 Å². The van der Waals surface area contributed by atoms with Crippen molar-refractivity contribution in [3.8, 4) is 0 Å². The van der Waals surface area contributed by atoms with Crippen molar-refractivity contribution in [1.29, 1.82) is 0 Å². The number of nitrogens with zero attached hydrogens (tertiary/aromatic N) is 1. The van der Waals surface area contributed by atoms with Crippen molar-refractivity contribution >= 4 is 23.0 Å². The Morgan fingerprint density at radius 3 is 1.58 bits per heavy atom. The van der Waals surface area contributed by atoms with Crippen molar-refractivity contribution in [2.75, 3.05) is 0 Å². The van der Waals surface area contributed by atoms with E-state index in [1.807, 2.05) is 77.9 Å². The summed E-state index contributed by atoms with van der Waals surface area (Å²) >= 11 is 4.87. The average molecular weight is 436 g/mol. The van der Waals surface area contributed by atoms with Gasteiger partial charge in [-0.3, -0.25) is 5.43 Å². The molecule has 0 bridgehead atoms. The first-order valence-electron chi connectivity index (χ1n) is 11.0. The quantitative estimate of drug-likeness (QED) is 0.259. The van der Waals surface area contributed by atoms with Gasteiger partial charge in [-0.25, -0.2) is 0 Å². The lowest BCUT2D eigenvalue weighted by atomic mass is 9.99. The van der Waals surface area contributed by atoms with E-state index in [1.165, 1.54) is 11.1 Å². The fraction of sp³-hybridized carbons (Fsp3) is 0.259. The van der Waals surface area contributed by atoms with Crippen molar-refractivity contribution < 1.29 is 0 Å². The van der Waals surface area contributed by atoms with E-state index in [4.69, 9.17) is 18.0 Å². The van der Waals surface area contributed by atoms with Gasteiger partial charge in [0, 0.05) is 11.1 Å². The minimum Gasteiger partial charge on any atom is -0.375 e. The summed E-state index contributed by atoms with van der Waals surface area (Å²) < 4.78 is 0. The molecule has 0 heterocycles. The zero-order valence-corrected chi connectivity index (χ0v) is 20.5. The molecule has 0 unspecified atom stereocenters. The van der Waals surface area contributed by atoms with Gasteiger partial charge in [0.25, 0.3) is 0 Å². The summed E-state index contributed by atoms with van der Waals surface area (Å²) in [5.41, 5.74) is 13.6.